The van der Waals surface area contributed by atoms with Crippen LogP contribution in [0.3, 0.4) is 0 Å². The van der Waals surface area contributed by atoms with Gasteiger partial charge in [-0.15, -0.1) is 5.11 Å². The zero-order chi connectivity index (χ0) is 15.2. The summed E-state index contributed by atoms with van der Waals surface area (Å²) in [4.78, 5) is 11.3. The Morgan fingerprint density at radius 1 is 1.24 bits per heavy atom. The Morgan fingerprint density at radius 3 is 2.29 bits per heavy atom. The summed E-state index contributed by atoms with van der Waals surface area (Å²) in [6.07, 6.45) is 0.677. The van der Waals surface area contributed by atoms with Crippen molar-refractivity contribution in [2.75, 3.05) is 14.1 Å². The van der Waals surface area contributed by atoms with Gasteiger partial charge in [0.15, 0.2) is 0 Å². The van der Waals surface area contributed by atoms with Crippen LogP contribution in [0, 0.1) is 0 Å². The number of hydrogen-bond donors (Lipinski definition) is 0. The molecule has 0 spiro atoms. The van der Waals surface area contributed by atoms with Crippen molar-refractivity contribution in [1.82, 2.24) is 5.01 Å². The first kappa shape index (κ1) is 20.7. The molecule has 0 heterocycles. The molecule has 1 aromatic rings. The van der Waals surface area contributed by atoms with Gasteiger partial charge >= 0.3 is 51.4 Å². The third kappa shape index (κ3) is 7.48. The maximum absolute atomic E-state index is 11.8. The summed E-state index contributed by atoms with van der Waals surface area (Å²) in [6.45, 7) is 1.78. The van der Waals surface area contributed by atoms with Crippen LogP contribution in [0.1, 0.15) is 19.8 Å². The second kappa shape index (κ2) is 9.64. The maximum Gasteiger partial charge on any atom is 1.00 e. The topological polar surface area (TPSA) is 93.3 Å². The van der Waals surface area contributed by atoms with E-state index in [1.54, 1.807) is 21.0 Å². The van der Waals surface area contributed by atoms with Crippen molar-refractivity contribution >= 4 is 21.6 Å². The minimum absolute atomic E-state index is 0. The molecule has 0 unspecified atom stereocenters. The van der Waals surface area contributed by atoms with Gasteiger partial charge in [-0.3, -0.25) is 5.01 Å². The van der Waals surface area contributed by atoms with E-state index in [2.05, 4.69) is 15.1 Å². The molecular weight excluding hydrogens is 319 g/mol. The van der Waals surface area contributed by atoms with E-state index in [1.165, 1.54) is 29.3 Å². The molecule has 9 heteroatoms. The first-order valence-electron chi connectivity index (χ1n) is 6.05. The fraction of sp³-hybridized carbons (Fsp3) is 0.417. The molecule has 0 aliphatic heterocycles. The first-order chi connectivity index (χ1) is 9.35. The summed E-state index contributed by atoms with van der Waals surface area (Å²) >= 11 is 0. The molecule has 7 nitrogen and oxygen atoms in total. The van der Waals surface area contributed by atoms with Gasteiger partial charge in [-0.25, -0.2) is 8.42 Å². The fourth-order valence-electron chi connectivity index (χ4n) is 1.27. The molecule has 21 heavy (non-hydrogen) atoms. The Kier molecular flexibility index (Phi) is 9.50. The van der Waals surface area contributed by atoms with Crippen molar-refractivity contribution in [3.8, 4) is 0 Å². The van der Waals surface area contributed by atoms with Crippen LogP contribution in [-0.4, -0.2) is 33.4 Å². The molecule has 0 aliphatic carbocycles. The molecule has 0 aromatic heterocycles. The summed E-state index contributed by atoms with van der Waals surface area (Å²) < 4.78 is 26.9. The van der Waals surface area contributed by atoms with E-state index in [9.17, 15) is 13.2 Å². The van der Waals surface area contributed by atoms with Crippen molar-refractivity contribution < 1.29 is 64.6 Å². The number of nitrogens with zero attached hydrogens (tertiary/aromatic N) is 4. The van der Waals surface area contributed by atoms with Gasteiger partial charge in [0.25, 0.3) is 0 Å². The third-order valence-electron chi connectivity index (χ3n) is 2.16. The van der Waals surface area contributed by atoms with Gasteiger partial charge in [-0.05, 0) is 30.7 Å². The van der Waals surface area contributed by atoms with Gasteiger partial charge in [0.2, 0.25) is 0 Å². The largest absolute Gasteiger partial charge is 1.00 e. The van der Waals surface area contributed by atoms with Crippen LogP contribution >= 0.6 is 0 Å². The normalized spacial score (nSPS) is 11.0. The quantitative estimate of drug-likeness (QED) is 0.403. The smallest absolute Gasteiger partial charge is 0.542 e. The number of sulfonamides is 1. The van der Waals surface area contributed by atoms with E-state index in [4.69, 9.17) is 0 Å². The van der Waals surface area contributed by atoms with E-state index in [1.807, 2.05) is 0 Å². The second-order valence-corrected chi connectivity index (χ2v) is 5.84. The van der Waals surface area contributed by atoms with E-state index < -0.39 is 15.9 Å². The molecule has 0 bridgehead atoms. The molecule has 0 atom stereocenters. The van der Waals surface area contributed by atoms with Crippen LogP contribution in [0.15, 0.2) is 39.5 Å². The fourth-order valence-corrected chi connectivity index (χ4v) is 2.22. The van der Waals surface area contributed by atoms with E-state index >= 15 is 0 Å². The summed E-state index contributed by atoms with van der Waals surface area (Å²) in [5.74, 6) is -0.635. The summed E-state index contributed by atoms with van der Waals surface area (Å²) in [5.41, 5.74) is 0.512. The van der Waals surface area contributed by atoms with Crippen molar-refractivity contribution in [3.05, 3.63) is 29.0 Å². The summed E-state index contributed by atoms with van der Waals surface area (Å²) in [7, 11) is -0.491. The minimum atomic E-state index is -3.94. The molecule has 0 aliphatic rings. The van der Waals surface area contributed by atoms with E-state index in [-0.39, 0.29) is 62.7 Å². The SMILES string of the molecule is CCCC(=O)[N-]S(=O)(=O)c1ccc(N=NN(C)C)cc1.[K+]. The molecule has 0 saturated heterocycles. The zero-order valence-electron chi connectivity index (χ0n) is 12.6. The molecule has 0 N–H and O–H groups in total. The Morgan fingerprint density at radius 2 is 1.81 bits per heavy atom. The summed E-state index contributed by atoms with van der Waals surface area (Å²) in [6, 6.07) is 5.70. The molecule has 1 rings (SSSR count). The number of hydrogen-bond acceptors (Lipinski definition) is 5. The van der Waals surface area contributed by atoms with Crippen LogP contribution in [0.25, 0.3) is 4.72 Å². The van der Waals surface area contributed by atoms with Crippen LogP contribution < -0.4 is 51.4 Å². The van der Waals surface area contributed by atoms with Crippen molar-refractivity contribution in [1.29, 1.82) is 0 Å². The van der Waals surface area contributed by atoms with Gasteiger partial charge < -0.3 is 9.52 Å². The van der Waals surface area contributed by atoms with Gasteiger partial charge in [-0.1, -0.05) is 18.6 Å². The zero-order valence-corrected chi connectivity index (χ0v) is 16.6. The van der Waals surface area contributed by atoms with Crippen LogP contribution in [0.5, 0.6) is 0 Å². The van der Waals surface area contributed by atoms with Crippen LogP contribution in [0.2, 0.25) is 0 Å². The number of rotatable bonds is 6. The average Bonchev–Trinajstić information content (AvgIpc) is 2.36. The number of carbonyl (C=O) groups is 1. The average molecular weight is 336 g/mol. The Bertz CT molecular complexity index is 585. The predicted molar refractivity (Wildman–Crippen MR) is 75.1 cm³/mol. The van der Waals surface area contributed by atoms with Gasteiger partial charge in [-0.2, -0.15) is 0 Å². The number of benzene rings is 1. The maximum atomic E-state index is 11.8. The molecule has 0 saturated carbocycles. The number of carbonyl (C=O) groups excluding carboxylic acids is 1. The summed E-state index contributed by atoms with van der Waals surface area (Å²) in [5, 5.41) is 9.19. The van der Waals surface area contributed by atoms with Gasteiger partial charge in [0.1, 0.15) is 10.0 Å². The van der Waals surface area contributed by atoms with Crippen molar-refractivity contribution in [3.63, 3.8) is 0 Å². The minimum Gasteiger partial charge on any atom is -0.542 e. The molecule has 1 aromatic carbocycles. The standard InChI is InChI=1S/C12H18N4O3S.K/c1-4-5-12(17)14-20(18,19)11-8-6-10(7-9-11)13-15-16(2)3;/h6-9H,4-5H2,1-3H3,(H,14,17);/q;+1/p-1. The Hall–Kier alpha value is -0.324. The van der Waals surface area contributed by atoms with Crippen LogP contribution in [-0.2, 0) is 14.8 Å². The molecule has 0 fully saturated rings. The monoisotopic (exact) mass is 336 g/mol. The van der Waals surface area contributed by atoms with Gasteiger partial charge in [0, 0.05) is 14.1 Å². The Labute approximate surface area is 167 Å². The second-order valence-electron chi connectivity index (χ2n) is 4.24. The van der Waals surface area contributed by atoms with Crippen LogP contribution in [0.4, 0.5) is 5.69 Å². The van der Waals surface area contributed by atoms with Gasteiger partial charge in [0.05, 0.1) is 16.5 Å². The Balaban J connectivity index is 0.00000400. The molecule has 0 radical (unpaired) electrons. The van der Waals surface area contributed by atoms with Crippen molar-refractivity contribution in [2.45, 2.75) is 24.7 Å². The molecule has 1 amide bonds. The predicted octanol–water partition coefficient (Wildman–Crippen LogP) is -0.360. The first-order valence-corrected chi connectivity index (χ1v) is 7.49. The number of amides is 1. The van der Waals surface area contributed by atoms with E-state index in [0.717, 1.165) is 0 Å². The molecule has 110 valence electrons. The molecular formula is C12H17KN4O3S. The third-order valence-corrected chi connectivity index (χ3v) is 3.47. The van der Waals surface area contributed by atoms with Crippen molar-refractivity contribution in [2.24, 2.45) is 10.3 Å². The van der Waals surface area contributed by atoms with E-state index in [0.29, 0.717) is 12.1 Å².